The molecule has 9 heteroatoms. The smallest absolute Gasteiger partial charge is 0.304 e. The van der Waals surface area contributed by atoms with Gasteiger partial charge in [-0.1, -0.05) is 18.5 Å². The van der Waals surface area contributed by atoms with Gasteiger partial charge in [0.2, 0.25) is 0 Å². The molecule has 1 amide bonds. The summed E-state index contributed by atoms with van der Waals surface area (Å²) in [6.07, 6.45) is 6.47. The minimum Gasteiger partial charge on any atom is -0.379 e. The lowest BCUT2D eigenvalue weighted by molar-refractivity contribution is 0.0752. The second-order valence-electron chi connectivity index (χ2n) is 9.16. The molecule has 0 spiro atoms. The first-order valence-corrected chi connectivity index (χ1v) is 12.0. The third kappa shape index (κ3) is 5.47. The van der Waals surface area contributed by atoms with Crippen LogP contribution in [0.3, 0.4) is 0 Å². The van der Waals surface area contributed by atoms with Crippen LogP contribution in [0.5, 0.6) is 5.75 Å². The van der Waals surface area contributed by atoms with E-state index in [-0.39, 0.29) is 5.69 Å². The first-order valence-electron chi connectivity index (χ1n) is 10.9. The maximum Gasteiger partial charge on any atom is 0.304 e. The number of thioether (sulfide) groups is 1. The minimum atomic E-state index is -0.489. The fourth-order valence-electron chi connectivity index (χ4n) is 3.92. The number of hydrogen-bond donors (Lipinski definition) is 1. The van der Waals surface area contributed by atoms with Crippen LogP contribution in [-0.4, -0.2) is 56.5 Å². The van der Waals surface area contributed by atoms with Crippen molar-refractivity contribution >= 4 is 35.6 Å². The van der Waals surface area contributed by atoms with Crippen molar-refractivity contribution in [1.29, 1.82) is 0 Å². The van der Waals surface area contributed by atoms with E-state index in [1.807, 2.05) is 0 Å². The Bertz CT molecular complexity index is 999. The molecule has 1 aromatic carbocycles. The summed E-state index contributed by atoms with van der Waals surface area (Å²) < 4.78 is 2.29. The number of carbonyl (C=O) groups excluding carboxylic acids is 2. The lowest BCUT2D eigenvalue weighted by Gasteiger charge is -2.25. The van der Waals surface area contributed by atoms with Crippen molar-refractivity contribution in [2.75, 3.05) is 20.1 Å². The van der Waals surface area contributed by atoms with Crippen LogP contribution in [0.1, 0.15) is 59.1 Å². The maximum absolute atomic E-state index is 12.8. The molecule has 1 N–H and O–H groups in total. The maximum atomic E-state index is 12.8. The van der Waals surface area contributed by atoms with E-state index in [1.54, 1.807) is 31.3 Å². The number of rotatable bonds is 11. The number of carbonyl (C=O) groups is 2. The van der Waals surface area contributed by atoms with E-state index in [0.717, 1.165) is 19.4 Å². The van der Waals surface area contributed by atoms with E-state index in [9.17, 15) is 9.59 Å². The Hall–Kier alpha value is -2.03. The number of benzene rings is 1. The summed E-state index contributed by atoms with van der Waals surface area (Å²) in [5, 5.41) is 4.86. The highest BCUT2D eigenvalue weighted by molar-refractivity contribution is 8.02. The van der Waals surface area contributed by atoms with Crippen LogP contribution in [0, 0.1) is 0 Å². The van der Waals surface area contributed by atoms with Gasteiger partial charge in [0.15, 0.2) is 17.7 Å². The van der Waals surface area contributed by atoms with Gasteiger partial charge in [0.1, 0.15) is 5.69 Å². The van der Waals surface area contributed by atoms with Gasteiger partial charge >= 0.3 is 5.91 Å². The quantitative estimate of drug-likeness (QED) is 0.391. The van der Waals surface area contributed by atoms with Crippen LogP contribution in [0.25, 0.3) is 0 Å². The summed E-state index contributed by atoms with van der Waals surface area (Å²) in [7, 11) is 3.77. The highest BCUT2D eigenvalue weighted by Crippen LogP contribution is 2.61. The van der Waals surface area contributed by atoms with Gasteiger partial charge in [-0.15, -0.1) is 11.8 Å². The molecule has 32 heavy (non-hydrogen) atoms. The predicted molar refractivity (Wildman–Crippen MR) is 127 cm³/mol. The van der Waals surface area contributed by atoms with E-state index in [1.165, 1.54) is 30.4 Å². The van der Waals surface area contributed by atoms with Crippen molar-refractivity contribution in [3.63, 3.8) is 0 Å². The number of likely N-dealkylation sites (N-methyl/N-ethyl adjacent to an activating group) is 1. The van der Waals surface area contributed by atoms with Crippen LogP contribution < -0.4 is 10.3 Å². The van der Waals surface area contributed by atoms with Gasteiger partial charge in [0.25, 0.3) is 0 Å². The van der Waals surface area contributed by atoms with Crippen molar-refractivity contribution < 1.29 is 14.4 Å². The molecule has 2 aliphatic rings. The van der Waals surface area contributed by atoms with E-state index in [4.69, 9.17) is 16.4 Å². The highest BCUT2D eigenvalue weighted by Gasteiger charge is 2.52. The molecule has 0 radical (unpaired) electrons. The molecule has 2 aliphatic carbocycles. The normalized spacial score (nSPS) is 17.8. The van der Waals surface area contributed by atoms with Gasteiger partial charge in [-0.25, -0.2) is 0 Å². The van der Waals surface area contributed by atoms with Crippen molar-refractivity contribution in [2.24, 2.45) is 7.05 Å². The molecule has 0 bridgehead atoms. The fraction of sp³-hybridized carbons (Fsp3) is 0.522. The fourth-order valence-corrected chi connectivity index (χ4v) is 5.99. The Balaban J connectivity index is 1.38. The summed E-state index contributed by atoms with van der Waals surface area (Å²) in [5.74, 6) is -0.0376. The highest BCUT2D eigenvalue weighted by atomic mass is 35.5. The Labute approximate surface area is 197 Å². The molecule has 0 atom stereocenters. The molecular weight excluding hydrogens is 448 g/mol. The SMILES string of the molecule is CN(CCc1c(C(=O)NOc2ccc(Cl)cc2)nn(C)c1C=O)CC1(SC2(C)CC2)CC1. The molecule has 7 nitrogen and oxygen atoms in total. The number of hydroxylamine groups is 1. The third-order valence-electron chi connectivity index (χ3n) is 6.12. The summed E-state index contributed by atoms with van der Waals surface area (Å²) in [5.41, 5.74) is 3.67. The standard InChI is InChI=1S/C23H29ClN4O3S/c1-22(9-10-22)32-23(11-12-23)15-27(2)13-8-18-19(14-29)28(3)25-20(18)21(30)26-31-17-6-4-16(24)5-7-17/h4-7,14H,8-13,15H2,1-3H3,(H,26,30). The van der Waals surface area contributed by atoms with Crippen molar-refractivity contribution in [3.8, 4) is 5.75 Å². The monoisotopic (exact) mass is 476 g/mol. The Morgan fingerprint density at radius 3 is 2.59 bits per heavy atom. The number of hydrogen-bond acceptors (Lipinski definition) is 6. The van der Waals surface area contributed by atoms with Gasteiger partial charge in [-0.05, 0) is 63.4 Å². The molecule has 1 heterocycles. The number of aldehydes is 1. The Kier molecular flexibility index (Phi) is 6.56. The molecular formula is C23H29ClN4O3S. The number of amides is 1. The second kappa shape index (κ2) is 9.08. The molecule has 1 aromatic heterocycles. The molecule has 2 aromatic rings. The third-order valence-corrected chi connectivity index (χ3v) is 8.25. The van der Waals surface area contributed by atoms with E-state index in [0.29, 0.717) is 37.9 Å². The number of aromatic nitrogens is 2. The Morgan fingerprint density at radius 2 is 2.00 bits per heavy atom. The summed E-state index contributed by atoms with van der Waals surface area (Å²) >= 11 is 8.03. The zero-order chi connectivity index (χ0) is 22.9. The van der Waals surface area contributed by atoms with Crippen molar-refractivity contribution in [2.45, 2.75) is 48.5 Å². The van der Waals surface area contributed by atoms with Gasteiger partial charge in [0.05, 0.1) is 0 Å². The van der Waals surface area contributed by atoms with Gasteiger partial charge in [0, 0.05) is 40.2 Å². The summed E-state index contributed by atoms with van der Waals surface area (Å²) in [6.45, 7) is 4.12. The number of nitrogens with zero attached hydrogens (tertiary/aromatic N) is 3. The zero-order valence-corrected chi connectivity index (χ0v) is 20.3. The molecule has 4 rings (SSSR count). The zero-order valence-electron chi connectivity index (χ0n) is 18.7. The number of halogens is 1. The van der Waals surface area contributed by atoms with E-state index >= 15 is 0 Å². The van der Waals surface area contributed by atoms with Crippen molar-refractivity contribution in [1.82, 2.24) is 20.2 Å². The predicted octanol–water partition coefficient (Wildman–Crippen LogP) is 3.90. The molecule has 172 valence electrons. The topological polar surface area (TPSA) is 76.5 Å². The molecule has 2 saturated carbocycles. The van der Waals surface area contributed by atoms with E-state index < -0.39 is 5.91 Å². The lowest BCUT2D eigenvalue weighted by Crippen LogP contribution is -2.32. The molecule has 0 saturated heterocycles. The van der Waals surface area contributed by atoms with E-state index in [2.05, 4.69) is 41.2 Å². The van der Waals surface area contributed by atoms with Crippen LogP contribution in [0.2, 0.25) is 5.02 Å². The van der Waals surface area contributed by atoms with Crippen LogP contribution in [0.4, 0.5) is 0 Å². The van der Waals surface area contributed by atoms with Crippen LogP contribution in [0.15, 0.2) is 24.3 Å². The van der Waals surface area contributed by atoms with Gasteiger partial charge < -0.3 is 9.74 Å². The van der Waals surface area contributed by atoms with Crippen molar-refractivity contribution in [3.05, 3.63) is 46.2 Å². The van der Waals surface area contributed by atoms with Gasteiger partial charge in [-0.3, -0.25) is 14.3 Å². The first-order chi connectivity index (χ1) is 15.2. The molecule has 0 unspecified atom stereocenters. The largest absolute Gasteiger partial charge is 0.379 e. The second-order valence-corrected chi connectivity index (χ2v) is 11.7. The molecule has 2 fully saturated rings. The van der Waals surface area contributed by atoms with Crippen LogP contribution >= 0.6 is 23.4 Å². The van der Waals surface area contributed by atoms with Gasteiger partial charge in [-0.2, -0.15) is 10.6 Å². The lowest BCUT2D eigenvalue weighted by atomic mass is 10.1. The summed E-state index contributed by atoms with van der Waals surface area (Å²) in [4.78, 5) is 32.1. The average Bonchev–Trinajstić information content (AvgIpc) is 3.65. The number of aryl methyl sites for hydroxylation is 1. The Morgan fingerprint density at radius 1 is 1.31 bits per heavy atom. The minimum absolute atomic E-state index is 0.206. The number of nitrogens with one attached hydrogen (secondary N) is 1. The summed E-state index contributed by atoms with van der Waals surface area (Å²) in [6, 6.07) is 6.65. The first kappa shape index (κ1) is 23.1. The van der Waals surface area contributed by atoms with Crippen LogP contribution in [-0.2, 0) is 13.5 Å². The average molecular weight is 477 g/mol. The molecule has 0 aliphatic heterocycles.